The Bertz CT molecular complexity index is 339. The van der Waals surface area contributed by atoms with Crippen LogP contribution in [0.2, 0.25) is 5.02 Å². The number of carbonyl (C=O) groups is 1. The fourth-order valence-corrected chi connectivity index (χ4v) is 1.54. The number of ether oxygens (including phenoxy) is 1. The topological polar surface area (TPSA) is 46.5 Å². The van der Waals surface area contributed by atoms with Gasteiger partial charge < -0.3 is 9.84 Å². The summed E-state index contributed by atoms with van der Waals surface area (Å²) in [5.41, 5.74) is 0.395. The van der Waals surface area contributed by atoms with Crippen molar-refractivity contribution in [1.29, 1.82) is 0 Å². The predicted molar refractivity (Wildman–Crippen MR) is 63.3 cm³/mol. The summed E-state index contributed by atoms with van der Waals surface area (Å²) >= 11 is 5.85. The molecule has 0 fully saturated rings. The van der Waals surface area contributed by atoms with E-state index in [4.69, 9.17) is 21.4 Å². The second-order valence-corrected chi connectivity index (χ2v) is 3.81. The lowest BCUT2D eigenvalue weighted by Gasteiger charge is -2.08. The molecule has 0 aromatic heterocycles. The molecule has 16 heavy (non-hydrogen) atoms. The van der Waals surface area contributed by atoms with Gasteiger partial charge in [-0.3, -0.25) is 4.79 Å². The highest BCUT2D eigenvalue weighted by atomic mass is 35.5. The van der Waals surface area contributed by atoms with Crippen LogP contribution in [0.25, 0.3) is 0 Å². The highest BCUT2D eigenvalue weighted by molar-refractivity contribution is 6.33. The predicted octanol–water partition coefficient (Wildman–Crippen LogP) is 2.69. The van der Waals surface area contributed by atoms with Crippen LogP contribution in [0.3, 0.4) is 0 Å². The molecule has 1 aromatic carbocycles. The quantitative estimate of drug-likeness (QED) is 0.591. The van der Waals surface area contributed by atoms with Crippen molar-refractivity contribution in [2.75, 3.05) is 13.2 Å². The molecule has 88 valence electrons. The van der Waals surface area contributed by atoms with Gasteiger partial charge in [-0.05, 0) is 31.4 Å². The van der Waals surface area contributed by atoms with Crippen molar-refractivity contribution in [3.8, 4) is 5.75 Å². The van der Waals surface area contributed by atoms with E-state index in [-0.39, 0.29) is 6.61 Å². The van der Waals surface area contributed by atoms with E-state index in [1.54, 1.807) is 18.2 Å². The van der Waals surface area contributed by atoms with E-state index in [0.717, 1.165) is 19.3 Å². The van der Waals surface area contributed by atoms with E-state index in [1.807, 2.05) is 0 Å². The Labute approximate surface area is 100.0 Å². The highest BCUT2D eigenvalue weighted by Crippen LogP contribution is 2.24. The molecule has 0 aliphatic rings. The molecule has 3 nitrogen and oxygen atoms in total. The first-order valence-electron chi connectivity index (χ1n) is 5.27. The van der Waals surface area contributed by atoms with Crippen LogP contribution in [0.4, 0.5) is 0 Å². The number of aldehydes is 1. The van der Waals surface area contributed by atoms with Crippen molar-refractivity contribution in [1.82, 2.24) is 0 Å². The number of hydrogen-bond acceptors (Lipinski definition) is 3. The van der Waals surface area contributed by atoms with E-state index in [2.05, 4.69) is 0 Å². The summed E-state index contributed by atoms with van der Waals surface area (Å²) < 4.78 is 5.46. The minimum Gasteiger partial charge on any atom is -0.493 e. The third-order valence-electron chi connectivity index (χ3n) is 2.19. The maximum atomic E-state index is 10.8. The molecule has 0 amide bonds. The Kier molecular flexibility index (Phi) is 5.90. The van der Waals surface area contributed by atoms with Crippen molar-refractivity contribution in [3.05, 3.63) is 28.8 Å². The average molecular weight is 243 g/mol. The van der Waals surface area contributed by atoms with Crippen molar-refractivity contribution in [2.45, 2.75) is 19.3 Å². The molecule has 0 heterocycles. The lowest BCUT2D eigenvalue weighted by atomic mass is 10.2. The van der Waals surface area contributed by atoms with E-state index in [9.17, 15) is 4.79 Å². The molecule has 0 atom stereocenters. The normalized spacial score (nSPS) is 10.1. The molecule has 0 bridgehead atoms. The van der Waals surface area contributed by atoms with Crippen LogP contribution in [0.15, 0.2) is 18.2 Å². The largest absolute Gasteiger partial charge is 0.493 e. The van der Waals surface area contributed by atoms with E-state index in [1.165, 1.54) is 0 Å². The molecular formula is C12H15ClO3. The molecule has 0 spiro atoms. The molecule has 1 rings (SSSR count). The third-order valence-corrected chi connectivity index (χ3v) is 2.52. The number of unbranched alkanes of at least 4 members (excludes halogenated alkanes) is 2. The van der Waals surface area contributed by atoms with E-state index >= 15 is 0 Å². The van der Waals surface area contributed by atoms with Crippen molar-refractivity contribution >= 4 is 17.9 Å². The Hall–Kier alpha value is -1.06. The number of hydrogen-bond donors (Lipinski definition) is 1. The minimum atomic E-state index is 0.205. The van der Waals surface area contributed by atoms with Crippen LogP contribution in [-0.4, -0.2) is 24.6 Å². The number of aliphatic hydroxyl groups is 1. The molecule has 0 aliphatic carbocycles. The summed E-state index contributed by atoms with van der Waals surface area (Å²) in [6.07, 6.45) is 3.24. The fraction of sp³-hybridized carbons (Fsp3) is 0.417. The molecule has 4 heteroatoms. The second-order valence-electron chi connectivity index (χ2n) is 3.40. The Morgan fingerprint density at radius 1 is 1.31 bits per heavy atom. The first-order chi connectivity index (χ1) is 7.79. The van der Waals surface area contributed by atoms with Crippen LogP contribution in [0.1, 0.15) is 29.6 Å². The van der Waals surface area contributed by atoms with Crippen LogP contribution in [0.5, 0.6) is 5.75 Å². The van der Waals surface area contributed by atoms with Gasteiger partial charge in [0.1, 0.15) is 5.75 Å². The summed E-state index contributed by atoms with van der Waals surface area (Å²) in [7, 11) is 0. The van der Waals surface area contributed by atoms with Gasteiger partial charge in [0.2, 0.25) is 0 Å². The maximum absolute atomic E-state index is 10.8. The molecule has 0 radical (unpaired) electrons. The Balaban J connectivity index is 2.47. The van der Waals surface area contributed by atoms with E-state index in [0.29, 0.717) is 29.2 Å². The van der Waals surface area contributed by atoms with Gasteiger partial charge >= 0.3 is 0 Å². The molecule has 1 N–H and O–H groups in total. The molecular weight excluding hydrogens is 228 g/mol. The summed E-state index contributed by atoms with van der Waals surface area (Å²) in [5.74, 6) is 0.520. The van der Waals surface area contributed by atoms with Gasteiger partial charge in [-0.15, -0.1) is 0 Å². The van der Waals surface area contributed by atoms with Gasteiger partial charge in [0.25, 0.3) is 0 Å². The van der Waals surface area contributed by atoms with Gasteiger partial charge in [-0.25, -0.2) is 0 Å². The van der Waals surface area contributed by atoms with Crippen molar-refractivity contribution < 1.29 is 14.6 Å². The van der Waals surface area contributed by atoms with Crippen LogP contribution in [-0.2, 0) is 0 Å². The van der Waals surface area contributed by atoms with Gasteiger partial charge in [0.15, 0.2) is 6.29 Å². The van der Waals surface area contributed by atoms with Gasteiger partial charge in [0.05, 0.1) is 17.2 Å². The standard InChI is InChI=1S/C12H15ClO3/c13-11-5-4-6-12(10(11)9-15)16-8-3-1-2-7-14/h4-6,9,14H,1-3,7-8H2. The zero-order valence-electron chi connectivity index (χ0n) is 8.99. The molecule has 0 saturated carbocycles. The lowest BCUT2D eigenvalue weighted by Crippen LogP contribution is -2.00. The monoisotopic (exact) mass is 242 g/mol. The average Bonchev–Trinajstić information content (AvgIpc) is 2.29. The van der Waals surface area contributed by atoms with Gasteiger partial charge in [-0.2, -0.15) is 0 Å². The molecule has 1 aromatic rings. The van der Waals surface area contributed by atoms with Crippen molar-refractivity contribution in [3.63, 3.8) is 0 Å². The van der Waals surface area contributed by atoms with Gasteiger partial charge in [-0.1, -0.05) is 17.7 Å². The lowest BCUT2D eigenvalue weighted by molar-refractivity contribution is 0.111. The SMILES string of the molecule is O=Cc1c(Cl)cccc1OCCCCCO. The number of carbonyl (C=O) groups excluding carboxylic acids is 1. The molecule has 0 unspecified atom stereocenters. The summed E-state index contributed by atoms with van der Waals surface area (Å²) in [6.45, 7) is 0.734. The Morgan fingerprint density at radius 2 is 2.12 bits per heavy atom. The second kappa shape index (κ2) is 7.25. The molecule has 0 saturated heterocycles. The summed E-state index contributed by atoms with van der Waals surface area (Å²) in [6, 6.07) is 5.13. The Morgan fingerprint density at radius 3 is 2.81 bits per heavy atom. The number of halogens is 1. The van der Waals surface area contributed by atoms with Crippen LogP contribution in [0, 0.1) is 0 Å². The van der Waals surface area contributed by atoms with Crippen LogP contribution < -0.4 is 4.74 Å². The van der Waals surface area contributed by atoms with Crippen molar-refractivity contribution in [2.24, 2.45) is 0 Å². The summed E-state index contributed by atoms with van der Waals surface area (Å²) in [5, 5.41) is 9.00. The van der Waals surface area contributed by atoms with Crippen LogP contribution >= 0.6 is 11.6 Å². The zero-order valence-corrected chi connectivity index (χ0v) is 9.74. The molecule has 0 aliphatic heterocycles. The third kappa shape index (κ3) is 3.83. The maximum Gasteiger partial charge on any atom is 0.155 e. The fourth-order valence-electron chi connectivity index (χ4n) is 1.33. The smallest absolute Gasteiger partial charge is 0.155 e. The first-order valence-corrected chi connectivity index (χ1v) is 5.64. The highest BCUT2D eigenvalue weighted by Gasteiger charge is 2.06. The first kappa shape index (κ1) is 13.0. The van der Waals surface area contributed by atoms with E-state index < -0.39 is 0 Å². The van der Waals surface area contributed by atoms with Gasteiger partial charge in [0, 0.05) is 6.61 Å². The number of benzene rings is 1. The minimum absolute atomic E-state index is 0.205. The number of rotatable bonds is 7. The zero-order chi connectivity index (χ0) is 11.8. The number of aliphatic hydroxyl groups excluding tert-OH is 1. The summed E-state index contributed by atoms with van der Waals surface area (Å²) in [4.78, 5) is 10.8.